The number of benzene rings is 1. The summed E-state index contributed by atoms with van der Waals surface area (Å²) in [4.78, 5) is 11.0. The van der Waals surface area contributed by atoms with Gasteiger partial charge in [-0.05, 0) is 26.0 Å². The smallest absolute Gasteiger partial charge is 0.426 e. The Morgan fingerprint density at radius 2 is 1.93 bits per heavy atom. The third kappa shape index (κ3) is 3.80. The van der Waals surface area contributed by atoms with E-state index >= 15 is 0 Å². The van der Waals surface area contributed by atoms with Crippen LogP contribution in [0.25, 0.3) is 0 Å². The van der Waals surface area contributed by atoms with Crippen LogP contribution in [0.4, 0.5) is 10.5 Å². The first-order valence-electron chi connectivity index (χ1n) is 4.46. The van der Waals surface area contributed by atoms with E-state index in [4.69, 9.17) is 4.74 Å². The predicted octanol–water partition coefficient (Wildman–Crippen LogP) is 2.15. The predicted molar refractivity (Wildman–Crippen MR) is 54.8 cm³/mol. The van der Waals surface area contributed by atoms with E-state index < -0.39 is 6.09 Å². The third-order valence-corrected chi connectivity index (χ3v) is 1.43. The maximum atomic E-state index is 11.0. The number of hydrogen-bond acceptors (Lipinski definition) is 3. The highest BCUT2D eigenvalue weighted by molar-refractivity contribution is 5.69. The van der Waals surface area contributed by atoms with E-state index in [0.717, 1.165) is 5.69 Å². The molecule has 76 valence electrons. The van der Waals surface area contributed by atoms with Crippen molar-refractivity contribution in [1.82, 2.24) is 5.43 Å². The molecule has 0 radical (unpaired) electrons. The normalized spacial score (nSPS) is 9.64. The van der Waals surface area contributed by atoms with Crippen molar-refractivity contribution < 1.29 is 9.53 Å². The summed E-state index contributed by atoms with van der Waals surface area (Å²) in [7, 11) is 0. The Hall–Kier alpha value is -1.71. The molecule has 0 spiro atoms. The minimum absolute atomic E-state index is 0.118. The molecule has 0 saturated heterocycles. The zero-order valence-corrected chi connectivity index (χ0v) is 8.28. The minimum Gasteiger partial charge on any atom is -0.446 e. The van der Waals surface area contributed by atoms with Crippen molar-refractivity contribution in [2.24, 2.45) is 0 Å². The zero-order valence-electron chi connectivity index (χ0n) is 8.28. The molecule has 1 rings (SSSR count). The fourth-order valence-electron chi connectivity index (χ4n) is 0.888. The molecule has 4 heteroatoms. The second-order valence-electron chi connectivity index (χ2n) is 3.07. The molecular formula is C10H14N2O2. The molecule has 0 aromatic heterocycles. The van der Waals surface area contributed by atoms with Crippen molar-refractivity contribution in [3.8, 4) is 0 Å². The van der Waals surface area contributed by atoms with E-state index in [1.165, 1.54) is 0 Å². The van der Waals surface area contributed by atoms with Gasteiger partial charge in [0.05, 0.1) is 11.8 Å². The molecule has 0 bridgehead atoms. The number of hydrogen-bond donors (Lipinski definition) is 2. The van der Waals surface area contributed by atoms with Crippen LogP contribution in [0.5, 0.6) is 0 Å². The largest absolute Gasteiger partial charge is 0.446 e. The molecule has 0 atom stereocenters. The van der Waals surface area contributed by atoms with Gasteiger partial charge in [0.2, 0.25) is 0 Å². The van der Waals surface area contributed by atoms with E-state index in [9.17, 15) is 4.79 Å². The lowest BCUT2D eigenvalue weighted by atomic mass is 10.3. The number of carbonyl (C=O) groups excluding carboxylic acids is 1. The van der Waals surface area contributed by atoms with E-state index in [1.54, 1.807) is 13.8 Å². The molecule has 0 heterocycles. The van der Waals surface area contributed by atoms with Gasteiger partial charge in [0.15, 0.2) is 0 Å². The fourth-order valence-corrected chi connectivity index (χ4v) is 0.888. The molecule has 0 unspecified atom stereocenters. The molecule has 4 nitrogen and oxygen atoms in total. The summed E-state index contributed by atoms with van der Waals surface area (Å²) >= 11 is 0. The molecule has 0 aliphatic carbocycles. The molecule has 14 heavy (non-hydrogen) atoms. The van der Waals surface area contributed by atoms with Crippen molar-refractivity contribution >= 4 is 11.8 Å². The number of amides is 1. The highest BCUT2D eigenvalue weighted by Gasteiger charge is 2.02. The van der Waals surface area contributed by atoms with E-state index in [0.29, 0.717) is 0 Å². The fraction of sp³-hybridized carbons (Fsp3) is 0.300. The molecule has 1 aromatic carbocycles. The van der Waals surface area contributed by atoms with Crippen molar-refractivity contribution in [1.29, 1.82) is 0 Å². The Balaban J connectivity index is 2.31. The van der Waals surface area contributed by atoms with Gasteiger partial charge in [-0.2, -0.15) is 0 Å². The van der Waals surface area contributed by atoms with E-state index in [-0.39, 0.29) is 6.10 Å². The summed E-state index contributed by atoms with van der Waals surface area (Å²) in [6, 6.07) is 9.33. The average molecular weight is 194 g/mol. The Morgan fingerprint density at radius 1 is 1.29 bits per heavy atom. The summed E-state index contributed by atoms with van der Waals surface area (Å²) in [6.07, 6.45) is -0.601. The lowest BCUT2D eigenvalue weighted by Crippen LogP contribution is -2.31. The van der Waals surface area contributed by atoms with Crippen LogP contribution in [0.2, 0.25) is 0 Å². The van der Waals surface area contributed by atoms with Gasteiger partial charge in [0, 0.05) is 0 Å². The molecular weight excluding hydrogens is 180 g/mol. The Bertz CT molecular complexity index is 285. The number of nitrogens with one attached hydrogen (secondary N) is 2. The summed E-state index contributed by atoms with van der Waals surface area (Å²) < 4.78 is 4.86. The molecule has 2 N–H and O–H groups in total. The average Bonchev–Trinajstić information content (AvgIpc) is 2.15. The maximum Gasteiger partial charge on any atom is 0.426 e. The molecule has 0 fully saturated rings. The number of ether oxygens (including phenoxy) is 1. The zero-order chi connectivity index (χ0) is 10.4. The summed E-state index contributed by atoms with van der Waals surface area (Å²) in [5, 5.41) is 0. The Kier molecular flexibility index (Phi) is 3.79. The van der Waals surface area contributed by atoms with Crippen LogP contribution < -0.4 is 10.9 Å². The van der Waals surface area contributed by atoms with Gasteiger partial charge >= 0.3 is 6.09 Å². The maximum absolute atomic E-state index is 11.0. The van der Waals surface area contributed by atoms with Gasteiger partial charge < -0.3 is 4.74 Å². The molecule has 0 saturated carbocycles. The summed E-state index contributed by atoms with van der Waals surface area (Å²) in [6.45, 7) is 3.59. The highest BCUT2D eigenvalue weighted by Crippen LogP contribution is 2.02. The van der Waals surface area contributed by atoms with Gasteiger partial charge in [0.1, 0.15) is 0 Å². The first kappa shape index (κ1) is 10.4. The van der Waals surface area contributed by atoms with E-state index in [2.05, 4.69) is 10.9 Å². The Labute approximate surface area is 83.2 Å². The van der Waals surface area contributed by atoms with Crippen molar-refractivity contribution in [3.63, 3.8) is 0 Å². The lowest BCUT2D eigenvalue weighted by Gasteiger charge is -2.10. The van der Waals surface area contributed by atoms with Crippen molar-refractivity contribution in [2.75, 3.05) is 5.43 Å². The monoisotopic (exact) mass is 194 g/mol. The molecule has 0 aliphatic heterocycles. The van der Waals surface area contributed by atoms with Crippen LogP contribution in [-0.2, 0) is 4.74 Å². The van der Waals surface area contributed by atoms with Crippen LogP contribution in [0.1, 0.15) is 13.8 Å². The first-order chi connectivity index (χ1) is 6.68. The number of hydrazine groups is 1. The summed E-state index contributed by atoms with van der Waals surface area (Å²) in [5.74, 6) is 0. The van der Waals surface area contributed by atoms with Crippen molar-refractivity contribution in [2.45, 2.75) is 20.0 Å². The van der Waals surface area contributed by atoms with Gasteiger partial charge in [-0.1, -0.05) is 18.2 Å². The SMILES string of the molecule is CC(C)OC(=O)NNc1ccccc1. The van der Waals surface area contributed by atoms with Crippen molar-refractivity contribution in [3.05, 3.63) is 30.3 Å². The van der Waals surface area contributed by atoms with Crippen LogP contribution in [-0.4, -0.2) is 12.2 Å². The molecule has 1 aromatic rings. The van der Waals surface area contributed by atoms with Crippen LogP contribution >= 0.6 is 0 Å². The topological polar surface area (TPSA) is 50.4 Å². The Morgan fingerprint density at radius 3 is 2.50 bits per heavy atom. The number of carbonyl (C=O) groups is 1. The van der Waals surface area contributed by atoms with Crippen LogP contribution in [0.3, 0.4) is 0 Å². The van der Waals surface area contributed by atoms with Gasteiger partial charge in [-0.15, -0.1) is 0 Å². The van der Waals surface area contributed by atoms with E-state index in [1.807, 2.05) is 30.3 Å². The molecule has 0 aliphatic rings. The van der Waals surface area contributed by atoms with Gasteiger partial charge in [-0.25, -0.2) is 10.2 Å². The standard InChI is InChI=1S/C10H14N2O2/c1-8(2)14-10(13)12-11-9-6-4-3-5-7-9/h3-8,11H,1-2H3,(H,12,13). The van der Waals surface area contributed by atoms with Crippen LogP contribution in [0.15, 0.2) is 30.3 Å². The van der Waals surface area contributed by atoms with Gasteiger partial charge in [-0.3, -0.25) is 5.43 Å². The third-order valence-electron chi connectivity index (χ3n) is 1.43. The number of rotatable bonds is 3. The van der Waals surface area contributed by atoms with Crippen LogP contribution in [0, 0.1) is 0 Å². The number of anilines is 1. The minimum atomic E-state index is -0.483. The summed E-state index contributed by atoms with van der Waals surface area (Å²) in [5.41, 5.74) is 5.96. The second-order valence-corrected chi connectivity index (χ2v) is 3.07. The first-order valence-corrected chi connectivity index (χ1v) is 4.46. The number of para-hydroxylation sites is 1. The second kappa shape index (κ2) is 5.11. The van der Waals surface area contributed by atoms with Gasteiger partial charge in [0.25, 0.3) is 0 Å². The lowest BCUT2D eigenvalue weighted by molar-refractivity contribution is 0.117. The quantitative estimate of drug-likeness (QED) is 0.725. The highest BCUT2D eigenvalue weighted by atomic mass is 16.6. The molecule has 1 amide bonds.